The molecule has 24 heavy (non-hydrogen) atoms. The maximum Gasteiger partial charge on any atom is 0.0603 e. The molecule has 0 atom stereocenters. The lowest BCUT2D eigenvalue weighted by Gasteiger charge is -2.36. The Kier molecular flexibility index (Phi) is 6.94. The van der Waals surface area contributed by atoms with Crippen LogP contribution in [0.25, 0.3) is 0 Å². The van der Waals surface area contributed by atoms with E-state index in [1.54, 1.807) is 0 Å². The molecule has 3 rings (SSSR count). The van der Waals surface area contributed by atoms with Crippen molar-refractivity contribution >= 4 is 17.4 Å². The molecule has 3 aliphatic carbocycles. The van der Waals surface area contributed by atoms with Gasteiger partial charge in [0.1, 0.15) is 0 Å². The van der Waals surface area contributed by atoms with E-state index in [-0.39, 0.29) is 0 Å². The van der Waals surface area contributed by atoms with Crippen LogP contribution in [-0.4, -0.2) is 11.2 Å². The number of rotatable bonds is 2. The monoisotopic (exact) mass is 343 g/mol. The lowest BCUT2D eigenvalue weighted by Crippen LogP contribution is -2.26. The molecule has 3 fully saturated rings. The summed E-state index contributed by atoms with van der Waals surface area (Å²) in [5.74, 6) is 11.5. The molecule has 132 valence electrons. The molecule has 2 heteroatoms. The molecule has 0 aromatic heterocycles. The van der Waals surface area contributed by atoms with Crippen LogP contribution in [0.3, 0.4) is 0 Å². The highest BCUT2D eigenvalue weighted by Crippen LogP contribution is 2.40. The van der Waals surface area contributed by atoms with Crippen LogP contribution in [0.5, 0.6) is 0 Å². The predicted octanol–water partition coefficient (Wildman–Crippen LogP) is 6.28. The second-order valence-electron chi connectivity index (χ2n) is 8.65. The van der Waals surface area contributed by atoms with Crippen molar-refractivity contribution in [3.05, 3.63) is 0 Å². The largest absolute Gasteiger partial charge is 0.229 e. The van der Waals surface area contributed by atoms with Gasteiger partial charge in [0.25, 0.3) is 0 Å². The van der Waals surface area contributed by atoms with Crippen LogP contribution in [0, 0.1) is 41.4 Å². The van der Waals surface area contributed by atoms with E-state index in [2.05, 4.69) is 28.9 Å². The standard InChI is InChI=1S/C22H33NS/c1-17-2-4-18(5-3-17)6-7-19-8-10-20(11-9-19)21-12-14-22(15-13-21)23-16-24/h17-22H,2-5,8-15H2,1H3. The first-order valence-electron chi connectivity index (χ1n) is 10.3. The average Bonchev–Trinajstić information content (AvgIpc) is 2.63. The van der Waals surface area contributed by atoms with Crippen molar-refractivity contribution in [2.45, 2.75) is 90.0 Å². The minimum absolute atomic E-state index is 0.471. The molecule has 0 radical (unpaired) electrons. The molecule has 0 bridgehead atoms. The number of aliphatic imine (C=N–C) groups is 1. The minimum atomic E-state index is 0.471. The third-order valence-corrected chi connectivity index (χ3v) is 7.03. The van der Waals surface area contributed by atoms with E-state index in [0.29, 0.717) is 17.9 Å². The van der Waals surface area contributed by atoms with Gasteiger partial charge in [0, 0.05) is 11.8 Å². The smallest absolute Gasteiger partial charge is 0.0603 e. The fourth-order valence-electron chi connectivity index (χ4n) is 5.15. The Morgan fingerprint density at radius 1 is 0.667 bits per heavy atom. The van der Waals surface area contributed by atoms with E-state index in [1.165, 1.54) is 77.0 Å². The molecule has 3 saturated carbocycles. The van der Waals surface area contributed by atoms with Gasteiger partial charge in [0.2, 0.25) is 0 Å². The lowest BCUT2D eigenvalue weighted by molar-refractivity contribution is 0.174. The zero-order valence-electron chi connectivity index (χ0n) is 15.3. The summed E-state index contributed by atoms with van der Waals surface area (Å²) < 4.78 is 0. The summed E-state index contributed by atoms with van der Waals surface area (Å²) in [4.78, 5) is 4.30. The van der Waals surface area contributed by atoms with Crippen LogP contribution >= 0.6 is 12.2 Å². The van der Waals surface area contributed by atoms with Gasteiger partial charge in [-0.15, -0.1) is 0 Å². The molecule has 0 aliphatic heterocycles. The Morgan fingerprint density at radius 3 is 1.62 bits per heavy atom. The van der Waals surface area contributed by atoms with Crippen molar-refractivity contribution in [2.75, 3.05) is 0 Å². The van der Waals surface area contributed by atoms with Gasteiger partial charge in [-0.25, -0.2) is 4.99 Å². The van der Waals surface area contributed by atoms with E-state index in [0.717, 1.165) is 17.8 Å². The van der Waals surface area contributed by atoms with E-state index < -0.39 is 0 Å². The van der Waals surface area contributed by atoms with Gasteiger partial charge in [-0.05, 0) is 107 Å². The van der Waals surface area contributed by atoms with Gasteiger partial charge in [-0.2, -0.15) is 0 Å². The Labute approximate surface area is 154 Å². The molecule has 0 N–H and O–H groups in total. The fraction of sp³-hybridized carbons (Fsp3) is 0.864. The van der Waals surface area contributed by atoms with Crippen molar-refractivity contribution in [3.8, 4) is 11.8 Å². The molecule has 0 saturated heterocycles. The van der Waals surface area contributed by atoms with Crippen LogP contribution in [0.4, 0.5) is 0 Å². The Balaban J connectivity index is 1.39. The molecule has 0 spiro atoms. The number of hydrogen-bond acceptors (Lipinski definition) is 2. The average molecular weight is 344 g/mol. The van der Waals surface area contributed by atoms with E-state index in [9.17, 15) is 0 Å². The van der Waals surface area contributed by atoms with Crippen LogP contribution in [0.15, 0.2) is 4.99 Å². The number of isothiocyanates is 1. The van der Waals surface area contributed by atoms with Crippen molar-refractivity contribution in [3.63, 3.8) is 0 Å². The maximum atomic E-state index is 4.75. The van der Waals surface area contributed by atoms with Crippen molar-refractivity contribution in [1.82, 2.24) is 0 Å². The fourth-order valence-corrected chi connectivity index (χ4v) is 5.30. The SMILES string of the molecule is CC1CCC(C#CC2CCC(C3CCC(N=C=S)CC3)CC2)CC1. The summed E-state index contributed by atoms with van der Waals surface area (Å²) in [6.45, 7) is 2.39. The maximum absolute atomic E-state index is 4.75. The van der Waals surface area contributed by atoms with Gasteiger partial charge in [0.15, 0.2) is 0 Å². The van der Waals surface area contributed by atoms with Gasteiger partial charge >= 0.3 is 0 Å². The third-order valence-electron chi connectivity index (χ3n) is 6.92. The molecular weight excluding hydrogens is 310 g/mol. The van der Waals surface area contributed by atoms with Crippen LogP contribution < -0.4 is 0 Å². The highest BCUT2D eigenvalue weighted by atomic mass is 32.1. The molecule has 0 unspecified atom stereocenters. The second-order valence-corrected chi connectivity index (χ2v) is 8.83. The van der Waals surface area contributed by atoms with E-state index >= 15 is 0 Å². The van der Waals surface area contributed by atoms with Gasteiger partial charge in [0.05, 0.1) is 11.2 Å². The summed E-state index contributed by atoms with van der Waals surface area (Å²) >= 11 is 4.75. The Bertz CT molecular complexity index is 486. The molecule has 0 aromatic carbocycles. The first-order valence-corrected chi connectivity index (χ1v) is 10.7. The number of thiocarbonyl (C=S) groups is 1. The normalized spacial score (nSPS) is 40.0. The molecule has 0 amide bonds. The van der Waals surface area contributed by atoms with Gasteiger partial charge in [-0.3, -0.25) is 0 Å². The second kappa shape index (κ2) is 9.17. The Morgan fingerprint density at radius 2 is 1.12 bits per heavy atom. The van der Waals surface area contributed by atoms with Gasteiger partial charge < -0.3 is 0 Å². The number of nitrogens with zero attached hydrogens (tertiary/aromatic N) is 1. The summed E-state index contributed by atoms with van der Waals surface area (Å²) in [6.07, 6.45) is 16.1. The van der Waals surface area contributed by atoms with E-state index in [4.69, 9.17) is 12.2 Å². The zero-order chi connectivity index (χ0) is 16.8. The quantitative estimate of drug-likeness (QED) is 0.326. The van der Waals surface area contributed by atoms with Gasteiger partial charge in [-0.1, -0.05) is 18.8 Å². The van der Waals surface area contributed by atoms with Crippen LogP contribution in [0.2, 0.25) is 0 Å². The first-order chi connectivity index (χ1) is 11.7. The van der Waals surface area contributed by atoms with Crippen molar-refractivity contribution < 1.29 is 0 Å². The Hall–Kier alpha value is -0.640. The van der Waals surface area contributed by atoms with E-state index in [1.807, 2.05) is 0 Å². The predicted molar refractivity (Wildman–Crippen MR) is 105 cm³/mol. The molecule has 0 aromatic rings. The first kappa shape index (κ1) is 18.2. The van der Waals surface area contributed by atoms with Crippen LogP contribution in [0.1, 0.15) is 84.0 Å². The molecule has 0 heterocycles. The third kappa shape index (κ3) is 5.18. The summed E-state index contributed by atoms with van der Waals surface area (Å²) in [5.41, 5.74) is 0. The van der Waals surface area contributed by atoms with Crippen molar-refractivity contribution in [2.24, 2.45) is 34.6 Å². The number of hydrogen-bond donors (Lipinski definition) is 0. The molecular formula is C22H33NS. The molecule has 3 aliphatic rings. The van der Waals surface area contributed by atoms with Crippen LogP contribution in [-0.2, 0) is 0 Å². The minimum Gasteiger partial charge on any atom is -0.229 e. The summed E-state index contributed by atoms with van der Waals surface area (Å²) in [6, 6.07) is 0.471. The van der Waals surface area contributed by atoms with Crippen molar-refractivity contribution in [1.29, 1.82) is 0 Å². The highest BCUT2D eigenvalue weighted by Gasteiger charge is 2.30. The highest BCUT2D eigenvalue weighted by molar-refractivity contribution is 7.78. The zero-order valence-corrected chi connectivity index (χ0v) is 16.1. The summed E-state index contributed by atoms with van der Waals surface area (Å²) in [7, 11) is 0. The summed E-state index contributed by atoms with van der Waals surface area (Å²) in [5, 5.41) is 2.57. The lowest BCUT2D eigenvalue weighted by atomic mass is 9.70. The topological polar surface area (TPSA) is 12.4 Å². The molecule has 1 nitrogen and oxygen atoms in total.